The lowest BCUT2D eigenvalue weighted by Crippen LogP contribution is -2.43. The number of aliphatic hydroxyl groups is 1. The van der Waals surface area contributed by atoms with Crippen LogP contribution < -0.4 is 15.4 Å². The Morgan fingerprint density at radius 2 is 1.72 bits per heavy atom. The minimum Gasteiger partial charge on any atom is -0.481 e. The van der Waals surface area contributed by atoms with E-state index in [0.29, 0.717) is 32.5 Å². The third kappa shape index (κ3) is 8.00. The van der Waals surface area contributed by atoms with Gasteiger partial charge in [-0.1, -0.05) is 42.5 Å². The van der Waals surface area contributed by atoms with E-state index in [9.17, 15) is 36.2 Å². The molecule has 0 aliphatic carbocycles. The van der Waals surface area contributed by atoms with E-state index in [1.165, 1.54) is 55.6 Å². The third-order valence-corrected chi connectivity index (χ3v) is 8.05. The summed E-state index contributed by atoms with van der Waals surface area (Å²) in [6, 6.07) is 11.9. The first-order valence-electron chi connectivity index (χ1n) is 14.9. The summed E-state index contributed by atoms with van der Waals surface area (Å²) < 4.78 is 89.9. The molecule has 5 rings (SSSR count). The Balaban J connectivity index is 1.69. The fourth-order valence-electron chi connectivity index (χ4n) is 5.74. The predicted octanol–water partition coefficient (Wildman–Crippen LogP) is 5.90. The van der Waals surface area contributed by atoms with Gasteiger partial charge in [0.05, 0.1) is 36.1 Å². The molecule has 1 aliphatic heterocycles. The number of amides is 1. The van der Waals surface area contributed by atoms with E-state index < -0.39 is 29.9 Å². The molecule has 1 fully saturated rings. The zero-order chi connectivity index (χ0) is 33.8. The van der Waals surface area contributed by atoms with Gasteiger partial charge in [0.15, 0.2) is 6.04 Å². The molecular weight excluding hydrogens is 628 g/mol. The Kier molecular flexibility index (Phi) is 10.3. The monoisotopic (exact) mass is 661 g/mol. The number of hydrogen-bond acceptors (Lipinski definition) is 7. The van der Waals surface area contributed by atoms with E-state index in [1.54, 1.807) is 6.07 Å². The smallest absolute Gasteiger partial charge is 0.416 e. The number of piperidine rings is 1. The highest BCUT2D eigenvalue weighted by atomic mass is 19.4. The Hall–Kier alpha value is -4.27. The molecule has 1 atom stereocenters. The molecule has 3 N–H and O–H groups in total. The van der Waals surface area contributed by atoms with Crippen LogP contribution in [0.2, 0.25) is 0 Å². The van der Waals surface area contributed by atoms with Crippen molar-refractivity contribution in [2.75, 3.05) is 33.4 Å². The number of aromatic nitrogens is 2. The maximum Gasteiger partial charge on any atom is 0.416 e. The molecule has 47 heavy (non-hydrogen) atoms. The molecule has 14 heteroatoms. The van der Waals surface area contributed by atoms with Crippen LogP contribution in [0.3, 0.4) is 0 Å². The maximum atomic E-state index is 14.4. The van der Waals surface area contributed by atoms with Crippen LogP contribution in [0.25, 0.3) is 22.3 Å². The van der Waals surface area contributed by atoms with Crippen molar-refractivity contribution in [1.82, 2.24) is 25.5 Å². The summed E-state index contributed by atoms with van der Waals surface area (Å²) in [7, 11) is 1.34. The van der Waals surface area contributed by atoms with Gasteiger partial charge in [-0.2, -0.15) is 26.3 Å². The maximum absolute atomic E-state index is 14.4. The highest BCUT2D eigenvalue weighted by Crippen LogP contribution is 2.38. The lowest BCUT2D eigenvalue weighted by molar-refractivity contribution is -0.155. The van der Waals surface area contributed by atoms with Crippen LogP contribution in [-0.4, -0.2) is 71.5 Å². The molecule has 2 aromatic heterocycles. The number of carbonyl (C=O) groups excluding carboxylic acids is 1. The summed E-state index contributed by atoms with van der Waals surface area (Å²) in [6.07, 6.45) is -8.23. The van der Waals surface area contributed by atoms with Crippen LogP contribution in [-0.2, 0) is 12.7 Å². The van der Waals surface area contributed by atoms with E-state index in [1.807, 2.05) is 4.90 Å². The van der Waals surface area contributed by atoms with Crippen molar-refractivity contribution in [3.63, 3.8) is 0 Å². The number of pyridine rings is 2. The molecule has 1 unspecified atom stereocenters. The van der Waals surface area contributed by atoms with Crippen molar-refractivity contribution in [2.24, 2.45) is 0 Å². The number of carbonyl (C=O) groups is 1. The van der Waals surface area contributed by atoms with Crippen LogP contribution in [0.5, 0.6) is 5.88 Å². The fourth-order valence-corrected chi connectivity index (χ4v) is 5.74. The van der Waals surface area contributed by atoms with Gasteiger partial charge in [0.25, 0.3) is 5.91 Å². The summed E-state index contributed by atoms with van der Waals surface area (Å²) in [5, 5.41) is 14.5. The molecule has 3 heterocycles. The van der Waals surface area contributed by atoms with Gasteiger partial charge in [-0.05, 0) is 49.7 Å². The number of halogens is 6. The van der Waals surface area contributed by atoms with Crippen molar-refractivity contribution in [1.29, 1.82) is 0 Å². The van der Waals surface area contributed by atoms with Gasteiger partial charge < -0.3 is 20.5 Å². The predicted molar refractivity (Wildman–Crippen MR) is 163 cm³/mol. The van der Waals surface area contributed by atoms with Crippen LogP contribution in [0.1, 0.15) is 45.9 Å². The van der Waals surface area contributed by atoms with Crippen molar-refractivity contribution in [3.8, 4) is 17.1 Å². The third-order valence-electron chi connectivity index (χ3n) is 8.05. The Morgan fingerprint density at radius 3 is 2.36 bits per heavy atom. The number of nitrogens with zero attached hydrogens (tertiary/aromatic N) is 3. The van der Waals surface area contributed by atoms with E-state index in [4.69, 9.17) is 4.74 Å². The highest BCUT2D eigenvalue weighted by molar-refractivity contribution is 6.08. The van der Waals surface area contributed by atoms with Crippen molar-refractivity contribution < 1.29 is 41.0 Å². The largest absolute Gasteiger partial charge is 0.481 e. The zero-order valence-corrected chi connectivity index (χ0v) is 25.3. The number of methoxy groups -OCH3 is 1. The van der Waals surface area contributed by atoms with E-state index in [0.717, 1.165) is 12.1 Å². The lowest BCUT2D eigenvalue weighted by Gasteiger charge is -2.33. The van der Waals surface area contributed by atoms with Gasteiger partial charge in [-0.3, -0.25) is 9.69 Å². The highest BCUT2D eigenvalue weighted by Gasteiger charge is 2.43. The molecule has 4 aromatic rings. The fraction of sp³-hybridized carbons (Fsp3) is 0.364. The molecule has 1 aliphatic rings. The SMILES string of the molecule is COc1ccc2nc(-c3cccc(C(F)(F)F)c3)c(CN3CCC(NCCO)CC3)c(C(=O)NC(c3ccccc3)C(F)(F)F)c2n1. The van der Waals surface area contributed by atoms with Crippen molar-refractivity contribution >= 4 is 16.9 Å². The van der Waals surface area contributed by atoms with Gasteiger partial charge >= 0.3 is 12.4 Å². The topological polar surface area (TPSA) is 99.6 Å². The van der Waals surface area contributed by atoms with E-state index >= 15 is 0 Å². The molecule has 2 aromatic carbocycles. The van der Waals surface area contributed by atoms with Crippen LogP contribution in [0, 0.1) is 0 Å². The van der Waals surface area contributed by atoms with Gasteiger partial charge in [-0.25, -0.2) is 9.97 Å². The van der Waals surface area contributed by atoms with E-state index in [2.05, 4.69) is 20.6 Å². The number of benzene rings is 2. The molecular formula is C33H33F6N5O3. The number of nitrogens with one attached hydrogen (secondary N) is 2. The lowest BCUT2D eigenvalue weighted by atomic mass is 9.95. The minimum atomic E-state index is -4.88. The first-order chi connectivity index (χ1) is 22.4. The molecule has 0 radical (unpaired) electrons. The number of likely N-dealkylation sites (tertiary alicyclic amines) is 1. The van der Waals surface area contributed by atoms with Crippen molar-refractivity contribution in [3.05, 3.63) is 89.0 Å². The quantitative estimate of drug-likeness (QED) is 0.182. The van der Waals surface area contributed by atoms with Crippen LogP contribution >= 0.6 is 0 Å². The Bertz CT molecular complexity index is 1690. The minimum absolute atomic E-state index is 0.00902. The average molecular weight is 662 g/mol. The summed E-state index contributed by atoms with van der Waals surface area (Å²) in [5.41, 5.74) is -1.17. The summed E-state index contributed by atoms with van der Waals surface area (Å²) in [5.74, 6) is -1.05. The molecule has 0 spiro atoms. The zero-order valence-electron chi connectivity index (χ0n) is 25.3. The molecule has 0 bridgehead atoms. The standard InChI is InChI=1S/C33H33F6N5O3/c1-47-26-11-10-25-29(42-26)27(31(46)43-30(33(37,38)39)20-6-3-2-4-7-20)24(19-44-15-12-23(13-16-44)40-14-17-45)28(41-25)21-8-5-9-22(18-21)32(34,35)36/h2-11,18,23,30,40,45H,12-17,19H2,1H3,(H,43,46). The van der Waals surface area contributed by atoms with Gasteiger partial charge in [0.1, 0.15) is 5.52 Å². The van der Waals surface area contributed by atoms with Crippen LogP contribution in [0.4, 0.5) is 26.3 Å². The van der Waals surface area contributed by atoms with Gasteiger partial charge in [-0.15, -0.1) is 0 Å². The summed E-state index contributed by atoms with van der Waals surface area (Å²) >= 11 is 0. The normalized spacial score (nSPS) is 15.5. The first kappa shape index (κ1) is 34.1. The molecule has 1 amide bonds. The number of fused-ring (bicyclic) bond motifs is 1. The Labute approximate surface area is 266 Å². The molecule has 8 nitrogen and oxygen atoms in total. The molecule has 0 saturated carbocycles. The summed E-state index contributed by atoms with van der Waals surface area (Å²) in [6.45, 7) is 1.39. The molecule has 250 valence electrons. The number of alkyl halides is 6. The second kappa shape index (κ2) is 14.2. The second-order valence-corrected chi connectivity index (χ2v) is 11.2. The van der Waals surface area contributed by atoms with Gasteiger partial charge in [0.2, 0.25) is 5.88 Å². The average Bonchev–Trinajstić information content (AvgIpc) is 3.05. The second-order valence-electron chi connectivity index (χ2n) is 11.2. The van der Waals surface area contributed by atoms with Gasteiger partial charge in [0, 0.05) is 36.3 Å². The van der Waals surface area contributed by atoms with Crippen molar-refractivity contribution in [2.45, 2.75) is 43.8 Å². The number of rotatable bonds is 10. The Morgan fingerprint density at radius 1 is 1.00 bits per heavy atom. The molecule has 1 saturated heterocycles. The number of hydrogen-bond donors (Lipinski definition) is 3. The number of aliphatic hydroxyl groups excluding tert-OH is 1. The number of ether oxygens (including phenoxy) is 1. The van der Waals surface area contributed by atoms with E-state index in [-0.39, 0.29) is 64.1 Å². The van der Waals surface area contributed by atoms with Crippen LogP contribution in [0.15, 0.2) is 66.7 Å². The first-order valence-corrected chi connectivity index (χ1v) is 14.9. The summed E-state index contributed by atoms with van der Waals surface area (Å²) in [4.78, 5) is 25.2.